The number of nitrogens with zero attached hydrogens (tertiary/aromatic N) is 1. The van der Waals surface area contributed by atoms with Gasteiger partial charge in [-0.05, 0) is 58.1 Å². The smallest absolute Gasteiger partial charge is 0.417 e. The minimum Gasteiger partial charge on any atom is -0.464 e. The minimum atomic E-state index is -1.03. The Hall–Kier alpha value is -3.41. The molecular weight excluding hydrogens is 430 g/mol. The average Bonchev–Trinajstić information content (AvgIpc) is 3.07. The molecule has 1 heterocycles. The Labute approximate surface area is 201 Å². The van der Waals surface area contributed by atoms with Gasteiger partial charge < -0.3 is 9.47 Å². The molecule has 6 nitrogen and oxygen atoms in total. The normalized spacial score (nSPS) is 20.5. The van der Waals surface area contributed by atoms with E-state index in [1.54, 1.807) is 27.7 Å². The predicted molar refractivity (Wildman–Crippen MR) is 131 cm³/mol. The van der Waals surface area contributed by atoms with Gasteiger partial charge in [-0.3, -0.25) is 4.79 Å². The SMILES string of the molecule is CCOC(=O)[C@@H]1C[C@@](C/C=C/c2ccccc2)(Cc2ccccc2)C(=O)N1C(=O)OC(C)(C)C. The van der Waals surface area contributed by atoms with Crippen molar-refractivity contribution in [2.24, 2.45) is 5.41 Å². The molecule has 0 N–H and O–H groups in total. The van der Waals surface area contributed by atoms with E-state index in [0.29, 0.717) is 12.8 Å². The van der Waals surface area contributed by atoms with Crippen molar-refractivity contribution in [1.29, 1.82) is 0 Å². The quantitative estimate of drug-likeness (QED) is 0.513. The lowest BCUT2D eigenvalue weighted by molar-refractivity contribution is -0.151. The summed E-state index contributed by atoms with van der Waals surface area (Å²) < 4.78 is 10.8. The maximum Gasteiger partial charge on any atom is 0.417 e. The zero-order valence-corrected chi connectivity index (χ0v) is 20.3. The van der Waals surface area contributed by atoms with E-state index in [2.05, 4.69) is 0 Å². The molecule has 0 radical (unpaired) electrons. The Balaban J connectivity index is 1.99. The molecule has 2 amide bonds. The molecule has 0 saturated carbocycles. The lowest BCUT2D eigenvalue weighted by Crippen LogP contribution is -2.47. The summed E-state index contributed by atoms with van der Waals surface area (Å²) in [4.78, 5) is 40.8. The van der Waals surface area contributed by atoms with Gasteiger partial charge in [-0.1, -0.05) is 72.8 Å². The van der Waals surface area contributed by atoms with Crippen LogP contribution in [-0.2, 0) is 25.5 Å². The highest BCUT2D eigenvalue weighted by atomic mass is 16.6. The maximum absolute atomic E-state index is 13.9. The van der Waals surface area contributed by atoms with E-state index in [1.165, 1.54) is 0 Å². The highest BCUT2D eigenvalue weighted by Gasteiger charge is 2.57. The number of amides is 2. The van der Waals surface area contributed by atoms with E-state index >= 15 is 0 Å². The molecular formula is C28H33NO5. The second-order valence-electron chi connectivity index (χ2n) is 9.59. The molecule has 0 bridgehead atoms. The number of ether oxygens (including phenoxy) is 2. The van der Waals surface area contributed by atoms with Crippen LogP contribution < -0.4 is 0 Å². The number of carbonyl (C=O) groups excluding carboxylic acids is 3. The van der Waals surface area contributed by atoms with Crippen molar-refractivity contribution in [3.05, 3.63) is 77.9 Å². The number of hydrogen-bond acceptors (Lipinski definition) is 5. The summed E-state index contributed by atoms with van der Waals surface area (Å²) in [6.45, 7) is 7.04. The second kappa shape index (κ2) is 10.7. The number of allylic oxidation sites excluding steroid dienone is 1. The van der Waals surface area contributed by atoms with Gasteiger partial charge in [0, 0.05) is 0 Å². The molecule has 2 aromatic rings. The van der Waals surface area contributed by atoms with Crippen LogP contribution in [-0.4, -0.2) is 41.1 Å². The molecule has 1 fully saturated rings. The molecule has 3 rings (SSSR count). The number of rotatable bonds is 7. The number of hydrogen-bond donors (Lipinski definition) is 0. The van der Waals surface area contributed by atoms with Crippen LogP contribution in [0.3, 0.4) is 0 Å². The Morgan fingerprint density at radius 2 is 1.68 bits per heavy atom. The summed E-state index contributed by atoms with van der Waals surface area (Å²) in [7, 11) is 0. The molecule has 6 heteroatoms. The molecule has 34 heavy (non-hydrogen) atoms. The van der Waals surface area contributed by atoms with Crippen LogP contribution >= 0.6 is 0 Å². The van der Waals surface area contributed by atoms with Crippen molar-refractivity contribution < 1.29 is 23.9 Å². The van der Waals surface area contributed by atoms with Gasteiger partial charge in [0.15, 0.2) is 0 Å². The Bertz CT molecular complexity index is 1030. The first-order chi connectivity index (χ1) is 16.1. The molecule has 2 atom stereocenters. The molecule has 0 unspecified atom stereocenters. The number of likely N-dealkylation sites (tertiary alicyclic amines) is 1. The van der Waals surface area contributed by atoms with Gasteiger partial charge in [0.2, 0.25) is 5.91 Å². The molecule has 180 valence electrons. The van der Waals surface area contributed by atoms with Crippen molar-refractivity contribution in [3.8, 4) is 0 Å². The van der Waals surface area contributed by atoms with Gasteiger partial charge in [-0.25, -0.2) is 14.5 Å². The van der Waals surface area contributed by atoms with Crippen molar-refractivity contribution >= 4 is 24.0 Å². The van der Waals surface area contributed by atoms with Crippen molar-refractivity contribution in [3.63, 3.8) is 0 Å². The predicted octanol–water partition coefficient (Wildman–Crippen LogP) is 5.42. The van der Waals surface area contributed by atoms with Gasteiger partial charge in [-0.15, -0.1) is 0 Å². The number of esters is 1. The molecule has 0 aromatic heterocycles. The third-order valence-electron chi connectivity index (χ3n) is 5.72. The summed E-state index contributed by atoms with van der Waals surface area (Å²) in [6.07, 6.45) is 3.99. The van der Waals surface area contributed by atoms with E-state index in [4.69, 9.17) is 9.47 Å². The van der Waals surface area contributed by atoms with Crippen molar-refractivity contribution in [1.82, 2.24) is 4.90 Å². The largest absolute Gasteiger partial charge is 0.464 e. The fourth-order valence-electron chi connectivity index (χ4n) is 4.26. The fourth-order valence-corrected chi connectivity index (χ4v) is 4.26. The van der Waals surface area contributed by atoms with Crippen LogP contribution in [0.2, 0.25) is 0 Å². The topological polar surface area (TPSA) is 72.9 Å². The summed E-state index contributed by atoms with van der Waals surface area (Å²) in [5.74, 6) is -1.01. The average molecular weight is 464 g/mol. The minimum absolute atomic E-state index is 0.158. The van der Waals surface area contributed by atoms with Gasteiger partial charge in [-0.2, -0.15) is 0 Å². The second-order valence-corrected chi connectivity index (χ2v) is 9.59. The summed E-state index contributed by atoms with van der Waals surface area (Å²) in [5, 5.41) is 0. The molecule has 1 aliphatic rings. The first-order valence-corrected chi connectivity index (χ1v) is 11.6. The monoisotopic (exact) mass is 463 g/mol. The third-order valence-corrected chi connectivity index (χ3v) is 5.72. The Morgan fingerprint density at radius 3 is 2.26 bits per heavy atom. The van der Waals surface area contributed by atoms with Crippen LogP contribution in [0.25, 0.3) is 6.08 Å². The molecule has 2 aromatic carbocycles. The van der Waals surface area contributed by atoms with Crippen LogP contribution in [0.15, 0.2) is 66.7 Å². The highest BCUT2D eigenvalue weighted by Crippen LogP contribution is 2.43. The first kappa shape index (κ1) is 25.2. The fraction of sp³-hybridized carbons (Fsp3) is 0.393. The number of carbonyl (C=O) groups is 3. The van der Waals surface area contributed by atoms with Gasteiger partial charge >= 0.3 is 12.1 Å². The van der Waals surface area contributed by atoms with E-state index in [0.717, 1.165) is 16.0 Å². The first-order valence-electron chi connectivity index (χ1n) is 11.6. The van der Waals surface area contributed by atoms with Gasteiger partial charge in [0.1, 0.15) is 11.6 Å². The van der Waals surface area contributed by atoms with Crippen molar-refractivity contribution in [2.45, 2.75) is 58.6 Å². The molecule has 1 aliphatic heterocycles. The summed E-state index contributed by atoms with van der Waals surface area (Å²) in [5.41, 5.74) is 0.168. The maximum atomic E-state index is 13.9. The lowest BCUT2D eigenvalue weighted by atomic mass is 9.76. The third kappa shape index (κ3) is 6.13. The zero-order valence-electron chi connectivity index (χ0n) is 20.3. The number of imide groups is 1. The van der Waals surface area contributed by atoms with Gasteiger partial charge in [0.25, 0.3) is 0 Å². The van der Waals surface area contributed by atoms with E-state index in [-0.39, 0.29) is 13.0 Å². The van der Waals surface area contributed by atoms with E-state index in [1.807, 2.05) is 72.8 Å². The van der Waals surface area contributed by atoms with E-state index in [9.17, 15) is 14.4 Å². The number of benzene rings is 2. The van der Waals surface area contributed by atoms with E-state index < -0.39 is 35.0 Å². The summed E-state index contributed by atoms with van der Waals surface area (Å²) in [6, 6.07) is 18.4. The summed E-state index contributed by atoms with van der Waals surface area (Å²) >= 11 is 0. The zero-order chi connectivity index (χ0) is 24.8. The van der Waals surface area contributed by atoms with Crippen LogP contribution in [0.1, 0.15) is 51.7 Å². The lowest BCUT2D eigenvalue weighted by Gasteiger charge is -2.28. The van der Waals surface area contributed by atoms with Crippen LogP contribution in [0, 0.1) is 5.41 Å². The molecule has 0 aliphatic carbocycles. The standard InChI is InChI=1S/C28H33NO5/c1-5-33-24(30)23-20-28(19-22-15-10-7-11-16-22,18-12-17-21-13-8-6-9-14-21)25(31)29(23)26(32)34-27(2,3)4/h6-17,23H,5,18-20H2,1-4H3/b17-12+/t23-,28+/m0/s1. The Morgan fingerprint density at radius 1 is 1.06 bits per heavy atom. The highest BCUT2D eigenvalue weighted by molar-refractivity contribution is 6.03. The Kier molecular flexibility index (Phi) is 7.92. The van der Waals surface area contributed by atoms with Crippen LogP contribution in [0.4, 0.5) is 4.79 Å². The van der Waals surface area contributed by atoms with Crippen LogP contribution in [0.5, 0.6) is 0 Å². The van der Waals surface area contributed by atoms with Crippen molar-refractivity contribution in [2.75, 3.05) is 6.61 Å². The molecule has 0 spiro atoms. The van der Waals surface area contributed by atoms with Gasteiger partial charge in [0.05, 0.1) is 12.0 Å². The molecule has 1 saturated heterocycles.